The van der Waals surface area contributed by atoms with E-state index in [0.29, 0.717) is 22.7 Å². The largest absolute Gasteiger partial charge is 0.454 e. The van der Waals surface area contributed by atoms with Gasteiger partial charge in [0, 0.05) is 47.1 Å². The second-order valence-electron chi connectivity index (χ2n) is 9.46. The van der Waals surface area contributed by atoms with Gasteiger partial charge in [-0.25, -0.2) is 4.79 Å². The van der Waals surface area contributed by atoms with Gasteiger partial charge in [-0.15, -0.1) is 11.3 Å². The number of hydrogen-bond acceptors (Lipinski definition) is 6. The highest BCUT2D eigenvalue weighted by Gasteiger charge is 2.25. The maximum absolute atomic E-state index is 13.3. The lowest BCUT2D eigenvalue weighted by molar-refractivity contribution is -0.111. The van der Waals surface area contributed by atoms with Crippen molar-refractivity contribution in [2.75, 3.05) is 18.5 Å². The SMILES string of the molecule is CC(C)=CC(=O)Nc1scc(-c2ccccc2)c1C(=O)OCC(=O)c1cc(C)n(C[C@H]2CCCO2)c1C. The molecule has 1 aliphatic rings. The average molecular weight is 521 g/mol. The fraction of sp³-hybridized carbons (Fsp3) is 0.345. The zero-order chi connectivity index (χ0) is 26.5. The van der Waals surface area contributed by atoms with Crippen LogP contribution in [0, 0.1) is 13.8 Å². The number of carbonyl (C=O) groups excluding carboxylic acids is 3. The van der Waals surface area contributed by atoms with E-state index in [1.807, 2.05) is 69.5 Å². The summed E-state index contributed by atoms with van der Waals surface area (Å²) in [5.41, 5.74) is 4.88. The highest BCUT2D eigenvalue weighted by atomic mass is 32.1. The van der Waals surface area contributed by atoms with Gasteiger partial charge in [-0.05, 0) is 52.2 Å². The second-order valence-corrected chi connectivity index (χ2v) is 10.3. The van der Waals surface area contributed by atoms with Crippen LogP contribution in [0.15, 0.2) is 53.4 Å². The zero-order valence-electron chi connectivity index (χ0n) is 21.6. The lowest BCUT2D eigenvalue weighted by atomic mass is 10.0. The number of benzene rings is 1. The normalized spacial score (nSPS) is 14.9. The quantitative estimate of drug-likeness (QED) is 0.214. The number of ketones is 1. The molecule has 4 rings (SSSR count). The number of ether oxygens (including phenoxy) is 2. The lowest BCUT2D eigenvalue weighted by Gasteiger charge is -2.14. The van der Waals surface area contributed by atoms with Gasteiger partial charge in [0.1, 0.15) is 10.6 Å². The number of carbonyl (C=O) groups is 3. The average Bonchev–Trinajstić information content (AvgIpc) is 3.59. The van der Waals surface area contributed by atoms with Crippen molar-refractivity contribution in [3.63, 3.8) is 0 Å². The summed E-state index contributed by atoms with van der Waals surface area (Å²) in [5, 5.41) is 4.98. The van der Waals surface area contributed by atoms with E-state index in [4.69, 9.17) is 9.47 Å². The summed E-state index contributed by atoms with van der Waals surface area (Å²) < 4.78 is 13.4. The number of esters is 1. The van der Waals surface area contributed by atoms with Crippen molar-refractivity contribution in [2.24, 2.45) is 0 Å². The number of thiophene rings is 1. The van der Waals surface area contributed by atoms with Crippen LogP contribution in [0.1, 0.15) is 58.8 Å². The van der Waals surface area contributed by atoms with Crippen LogP contribution >= 0.6 is 11.3 Å². The highest BCUT2D eigenvalue weighted by Crippen LogP contribution is 2.36. The molecule has 0 unspecified atom stereocenters. The van der Waals surface area contributed by atoms with Gasteiger partial charge < -0.3 is 19.4 Å². The van der Waals surface area contributed by atoms with Crippen LogP contribution in [-0.2, 0) is 20.8 Å². The Morgan fingerprint density at radius 2 is 1.95 bits per heavy atom. The lowest BCUT2D eigenvalue weighted by Crippen LogP contribution is -2.19. The number of allylic oxidation sites excluding steroid dienone is 1. The standard InChI is InChI=1S/C29H32N2O5S/c1-18(2)13-26(33)30-28-27(24(17-37-28)21-9-6-5-7-10-21)29(34)36-16-25(32)23-14-19(3)31(20(23)4)15-22-11-8-12-35-22/h5-7,9-10,13-14,17,22H,8,11-12,15-16H2,1-4H3,(H,30,33)/t22-/m1/s1. The Balaban J connectivity index is 1.53. The highest BCUT2D eigenvalue weighted by molar-refractivity contribution is 7.15. The van der Waals surface area contributed by atoms with Gasteiger partial charge in [-0.2, -0.15) is 0 Å². The molecule has 0 spiro atoms. The molecule has 1 atom stereocenters. The molecule has 3 aromatic rings. The number of aryl methyl sites for hydroxylation is 1. The van der Waals surface area contributed by atoms with E-state index >= 15 is 0 Å². The van der Waals surface area contributed by atoms with Crippen LogP contribution in [0.2, 0.25) is 0 Å². The first-order chi connectivity index (χ1) is 17.7. The van der Waals surface area contributed by atoms with Gasteiger partial charge in [-0.3, -0.25) is 9.59 Å². The minimum Gasteiger partial charge on any atom is -0.454 e. The fourth-order valence-electron chi connectivity index (χ4n) is 4.53. The summed E-state index contributed by atoms with van der Waals surface area (Å²) in [5.74, 6) is -1.26. The topological polar surface area (TPSA) is 86.6 Å². The number of amides is 1. The van der Waals surface area contributed by atoms with Gasteiger partial charge in [0.15, 0.2) is 6.61 Å². The minimum atomic E-state index is -0.658. The molecular weight excluding hydrogens is 488 g/mol. The van der Waals surface area contributed by atoms with Crippen molar-refractivity contribution >= 4 is 34.0 Å². The van der Waals surface area contributed by atoms with Gasteiger partial charge in [0.05, 0.1) is 6.10 Å². The van der Waals surface area contributed by atoms with Gasteiger partial charge >= 0.3 is 5.97 Å². The van der Waals surface area contributed by atoms with Crippen LogP contribution < -0.4 is 5.32 Å². The molecule has 0 radical (unpaired) electrons. The van der Waals surface area contributed by atoms with Gasteiger partial charge in [-0.1, -0.05) is 35.9 Å². The molecule has 2 aromatic heterocycles. The molecule has 1 aliphatic heterocycles. The molecule has 194 valence electrons. The molecule has 1 saturated heterocycles. The molecule has 1 amide bonds. The van der Waals surface area contributed by atoms with Crippen LogP contribution in [0.25, 0.3) is 11.1 Å². The van der Waals surface area contributed by atoms with Crippen molar-refractivity contribution in [3.8, 4) is 11.1 Å². The maximum Gasteiger partial charge on any atom is 0.342 e. The molecule has 1 aromatic carbocycles. The van der Waals surface area contributed by atoms with Crippen molar-refractivity contribution in [2.45, 2.75) is 53.2 Å². The number of aromatic nitrogens is 1. The van der Waals surface area contributed by atoms with E-state index < -0.39 is 12.6 Å². The van der Waals surface area contributed by atoms with E-state index in [1.165, 1.54) is 17.4 Å². The van der Waals surface area contributed by atoms with Gasteiger partial charge in [0.25, 0.3) is 0 Å². The summed E-state index contributed by atoms with van der Waals surface area (Å²) in [6.45, 7) is 8.59. The maximum atomic E-state index is 13.3. The second kappa shape index (κ2) is 11.7. The Morgan fingerprint density at radius 1 is 1.19 bits per heavy atom. The van der Waals surface area contributed by atoms with Crippen LogP contribution in [-0.4, -0.2) is 41.5 Å². The third-order valence-corrected chi connectivity index (χ3v) is 7.25. The number of Topliss-reactive ketones (excluding diaryl/α,β-unsaturated/α-hetero) is 1. The molecular formula is C29H32N2O5S. The van der Waals surface area contributed by atoms with Gasteiger partial charge in [0.2, 0.25) is 11.7 Å². The Morgan fingerprint density at radius 3 is 2.62 bits per heavy atom. The summed E-state index contributed by atoms with van der Waals surface area (Å²) in [6.07, 6.45) is 3.68. The predicted molar refractivity (Wildman–Crippen MR) is 145 cm³/mol. The monoisotopic (exact) mass is 520 g/mol. The molecule has 0 aliphatic carbocycles. The van der Waals surface area contributed by atoms with E-state index in [2.05, 4.69) is 9.88 Å². The van der Waals surface area contributed by atoms with Crippen LogP contribution in [0.3, 0.4) is 0 Å². The number of nitrogens with zero attached hydrogens (tertiary/aromatic N) is 1. The molecule has 1 N–H and O–H groups in total. The molecule has 0 saturated carbocycles. The van der Waals surface area contributed by atoms with Crippen molar-refractivity contribution < 1.29 is 23.9 Å². The van der Waals surface area contributed by atoms with Crippen LogP contribution in [0.4, 0.5) is 5.00 Å². The van der Waals surface area contributed by atoms with Crippen molar-refractivity contribution in [3.05, 3.63) is 75.9 Å². The summed E-state index contributed by atoms with van der Waals surface area (Å²) in [7, 11) is 0. The van der Waals surface area contributed by atoms with E-state index in [-0.39, 0.29) is 23.4 Å². The third-order valence-electron chi connectivity index (χ3n) is 6.36. The zero-order valence-corrected chi connectivity index (χ0v) is 22.4. The molecule has 1 fully saturated rings. The molecule has 8 heteroatoms. The molecule has 7 nitrogen and oxygen atoms in total. The van der Waals surface area contributed by atoms with Crippen molar-refractivity contribution in [1.82, 2.24) is 4.57 Å². The number of rotatable bonds is 9. The van der Waals surface area contributed by atoms with Crippen molar-refractivity contribution in [1.29, 1.82) is 0 Å². The first-order valence-corrected chi connectivity index (χ1v) is 13.2. The number of anilines is 1. The Bertz CT molecular complexity index is 1330. The summed E-state index contributed by atoms with van der Waals surface area (Å²) in [6, 6.07) is 11.2. The van der Waals surface area contributed by atoms with E-state index in [0.717, 1.165) is 42.0 Å². The van der Waals surface area contributed by atoms with E-state index in [9.17, 15) is 14.4 Å². The summed E-state index contributed by atoms with van der Waals surface area (Å²) >= 11 is 1.25. The Labute approximate surface area is 221 Å². The predicted octanol–water partition coefficient (Wildman–Crippen LogP) is 5.96. The first-order valence-electron chi connectivity index (χ1n) is 12.4. The Kier molecular flexibility index (Phi) is 8.41. The summed E-state index contributed by atoms with van der Waals surface area (Å²) in [4.78, 5) is 38.8. The molecule has 3 heterocycles. The third kappa shape index (κ3) is 6.26. The smallest absolute Gasteiger partial charge is 0.342 e. The minimum absolute atomic E-state index is 0.153. The van der Waals surface area contributed by atoms with E-state index in [1.54, 1.807) is 0 Å². The first kappa shape index (κ1) is 26.6. The molecule has 37 heavy (non-hydrogen) atoms. The number of hydrogen-bond donors (Lipinski definition) is 1. The fourth-order valence-corrected chi connectivity index (χ4v) is 5.49. The molecule has 0 bridgehead atoms. The Hall–Kier alpha value is -3.49. The number of nitrogens with one attached hydrogen (secondary N) is 1. The van der Waals surface area contributed by atoms with Crippen LogP contribution in [0.5, 0.6) is 0 Å².